The van der Waals surface area contributed by atoms with Gasteiger partial charge in [-0.3, -0.25) is 28.8 Å². The number of likely N-dealkylation sites (tertiary alicyclic amines) is 2. The minimum absolute atomic E-state index is 0. The lowest BCUT2D eigenvalue weighted by molar-refractivity contribution is -0.137. The van der Waals surface area contributed by atoms with E-state index in [4.69, 9.17) is 66.1 Å². The van der Waals surface area contributed by atoms with Gasteiger partial charge in [0.15, 0.2) is 0 Å². The molecule has 4 aliphatic rings. The minimum Gasteiger partial charge on any atom is -0.387 e. The molecule has 2 fully saturated rings. The molecule has 8 rings (SSSR count). The zero-order valence-electron chi connectivity index (χ0n) is 41.4. The number of H-pyrrole nitrogens is 2. The minimum atomic E-state index is -0.503. The van der Waals surface area contributed by atoms with Crippen LogP contribution in [0.15, 0.2) is 33.9 Å². The molecule has 0 saturated carbocycles. The molecule has 73 heavy (non-hydrogen) atoms. The summed E-state index contributed by atoms with van der Waals surface area (Å²) in [4.78, 5) is 88.2. The Morgan fingerprint density at radius 2 is 0.945 bits per heavy atom. The molecule has 2 saturated heterocycles. The number of pyridine rings is 2. The van der Waals surface area contributed by atoms with Gasteiger partial charge < -0.3 is 49.3 Å². The molecule has 0 bridgehead atoms. The van der Waals surface area contributed by atoms with Crippen molar-refractivity contribution < 1.29 is 38.9 Å². The topological polar surface area (TPSA) is 206 Å². The van der Waals surface area contributed by atoms with Crippen molar-refractivity contribution in [3.63, 3.8) is 0 Å². The third-order valence-corrected chi connectivity index (χ3v) is 16.2. The van der Waals surface area contributed by atoms with Crippen LogP contribution >= 0.6 is 46.4 Å². The molecule has 4 aromatic rings. The van der Waals surface area contributed by atoms with Gasteiger partial charge in [0.25, 0.3) is 22.9 Å². The number of aromatic nitrogens is 2. The van der Waals surface area contributed by atoms with Crippen molar-refractivity contribution in [2.75, 3.05) is 66.7 Å². The highest BCUT2D eigenvalue weighted by Gasteiger charge is 2.38. The lowest BCUT2D eigenvalue weighted by Crippen LogP contribution is -2.41. The van der Waals surface area contributed by atoms with Crippen LogP contribution in [-0.2, 0) is 45.0 Å². The van der Waals surface area contributed by atoms with E-state index in [1.54, 1.807) is 46.0 Å². The van der Waals surface area contributed by atoms with Crippen LogP contribution in [0.4, 0.5) is 0 Å². The van der Waals surface area contributed by atoms with Gasteiger partial charge in [-0.1, -0.05) is 53.8 Å². The average molecular weight is 1090 g/mol. The van der Waals surface area contributed by atoms with Crippen molar-refractivity contribution in [1.29, 1.82) is 0 Å². The average Bonchev–Trinajstić information content (AvgIpc) is 3.35. The molecule has 2 aromatic carbocycles. The number of aromatic amines is 2. The van der Waals surface area contributed by atoms with Gasteiger partial charge in [-0.15, -0.1) is 0 Å². The number of carbonyl (C=O) groups is 4. The number of aliphatic hydroxyl groups is 2. The summed E-state index contributed by atoms with van der Waals surface area (Å²) in [5.74, 6) is -0.970. The number of amides is 4. The standard InChI is InChI=1S/2C26H31Cl2N3O5.CH4/c2*1-14-10-15(2)29-25(34)19(14)12-31-9-6-17-20(27)11-18(23(28)22(17)26(31)35)24(36-3)16-4-7-30(8-5-16)21(33)13-32;/h2*10-11,16,24,32H,4-9,12-13H2,1-3H3,(H,29,34);1H4. The highest BCUT2D eigenvalue weighted by Crippen LogP contribution is 2.45. The third kappa shape index (κ3) is 12.2. The van der Waals surface area contributed by atoms with E-state index < -0.39 is 25.4 Å². The lowest BCUT2D eigenvalue weighted by atomic mass is 9.85. The van der Waals surface area contributed by atoms with Crippen molar-refractivity contribution >= 4 is 70.0 Å². The Bertz CT molecular complexity index is 2670. The van der Waals surface area contributed by atoms with Crippen molar-refractivity contribution in [2.24, 2.45) is 11.8 Å². The molecule has 2 atom stereocenters. The zero-order chi connectivity index (χ0) is 52.3. The summed E-state index contributed by atoms with van der Waals surface area (Å²) in [6.07, 6.45) is 2.93. The maximum absolute atomic E-state index is 13.6. The molecule has 4 aliphatic heterocycles. The van der Waals surface area contributed by atoms with Crippen LogP contribution in [0.2, 0.25) is 20.1 Å². The predicted octanol–water partition coefficient (Wildman–Crippen LogP) is 7.47. The Balaban J connectivity index is 0.000000235. The molecule has 396 valence electrons. The number of halogens is 4. The number of aryl methyl sites for hydroxylation is 4. The molecule has 2 unspecified atom stereocenters. The van der Waals surface area contributed by atoms with Crippen molar-refractivity contribution in [2.45, 2.75) is 98.9 Å². The summed E-state index contributed by atoms with van der Waals surface area (Å²) in [7, 11) is 3.19. The van der Waals surface area contributed by atoms with E-state index in [0.29, 0.717) is 142 Å². The molecule has 4 N–H and O–H groups in total. The van der Waals surface area contributed by atoms with Crippen LogP contribution in [0.3, 0.4) is 0 Å². The second-order valence-corrected chi connectivity index (χ2v) is 20.7. The number of carbonyl (C=O) groups excluding carboxylic acids is 4. The van der Waals surface area contributed by atoms with Gasteiger partial charge in [0, 0.05) is 97.2 Å². The van der Waals surface area contributed by atoms with Gasteiger partial charge in [0.05, 0.1) is 46.5 Å². The van der Waals surface area contributed by atoms with Gasteiger partial charge in [-0.2, -0.15) is 0 Å². The van der Waals surface area contributed by atoms with E-state index in [0.717, 1.165) is 22.5 Å². The zero-order valence-corrected chi connectivity index (χ0v) is 44.4. The highest BCUT2D eigenvalue weighted by molar-refractivity contribution is 6.38. The number of nitrogens with zero attached hydrogens (tertiary/aromatic N) is 4. The normalized spacial score (nSPS) is 17.1. The maximum Gasteiger partial charge on any atom is 0.256 e. The van der Waals surface area contributed by atoms with E-state index in [2.05, 4.69) is 9.97 Å². The number of rotatable bonds is 12. The van der Waals surface area contributed by atoms with E-state index in [1.807, 2.05) is 39.8 Å². The first-order valence-corrected chi connectivity index (χ1v) is 25.6. The van der Waals surface area contributed by atoms with Gasteiger partial charge in [-0.05, 0) is 125 Å². The summed E-state index contributed by atoms with van der Waals surface area (Å²) in [5, 5.41) is 19.9. The fourth-order valence-electron chi connectivity index (χ4n) is 10.8. The summed E-state index contributed by atoms with van der Waals surface area (Å²) in [6, 6.07) is 7.37. The van der Waals surface area contributed by atoms with Gasteiger partial charge in [0.2, 0.25) is 11.8 Å². The number of hydrogen-bond donors (Lipinski definition) is 4. The fraction of sp³-hybridized carbons (Fsp3) is 0.509. The Kier molecular flexibility index (Phi) is 19.5. The summed E-state index contributed by atoms with van der Waals surface area (Å²) < 4.78 is 11.7. The monoisotopic (exact) mass is 1090 g/mol. The first kappa shape index (κ1) is 57.5. The Labute approximate surface area is 445 Å². The van der Waals surface area contributed by atoms with Crippen LogP contribution in [0.25, 0.3) is 0 Å². The van der Waals surface area contributed by atoms with Crippen LogP contribution in [0.5, 0.6) is 0 Å². The maximum atomic E-state index is 13.6. The van der Waals surface area contributed by atoms with Crippen LogP contribution < -0.4 is 11.1 Å². The number of piperidine rings is 2. The van der Waals surface area contributed by atoms with E-state index in [9.17, 15) is 28.8 Å². The molecule has 16 nitrogen and oxygen atoms in total. The van der Waals surface area contributed by atoms with Gasteiger partial charge in [-0.25, -0.2) is 0 Å². The molecular weight excluding hydrogens is 1020 g/mol. The van der Waals surface area contributed by atoms with E-state index in [-0.39, 0.29) is 67.1 Å². The first-order chi connectivity index (χ1) is 34.3. The van der Waals surface area contributed by atoms with E-state index >= 15 is 0 Å². The van der Waals surface area contributed by atoms with Gasteiger partial charge in [0.1, 0.15) is 13.2 Å². The Morgan fingerprint density at radius 1 is 0.603 bits per heavy atom. The number of ether oxygens (including phenoxy) is 2. The van der Waals surface area contributed by atoms with Crippen LogP contribution in [0, 0.1) is 39.5 Å². The fourth-order valence-corrected chi connectivity index (χ4v) is 12.1. The molecule has 2 aromatic heterocycles. The summed E-state index contributed by atoms with van der Waals surface area (Å²) in [6.45, 7) is 9.64. The quantitative estimate of drug-likeness (QED) is 0.110. The number of nitrogens with one attached hydrogen (secondary N) is 2. The third-order valence-electron chi connectivity index (χ3n) is 14.7. The lowest BCUT2D eigenvalue weighted by Gasteiger charge is -2.37. The smallest absolute Gasteiger partial charge is 0.256 e. The molecule has 4 amide bonds. The molecular formula is C53H66Cl4N6O10. The largest absolute Gasteiger partial charge is 0.387 e. The highest BCUT2D eigenvalue weighted by atomic mass is 35.5. The first-order valence-electron chi connectivity index (χ1n) is 24.1. The summed E-state index contributed by atoms with van der Waals surface area (Å²) in [5.41, 5.74) is 7.34. The molecule has 0 radical (unpaired) electrons. The SMILES string of the molecule is C.COC(c1cc(Cl)c2c(c1Cl)C(=O)N(Cc1c(C)cc(C)[nH]c1=O)CC2)C1CCN(C(=O)CO)CC1.COC(c1cc(Cl)c2c(c1Cl)C(=O)N(Cc1c(C)cc(C)[nH]c1=O)CC2)C1CCN(C(=O)CO)CC1. The number of fused-ring (bicyclic) bond motifs is 2. The Morgan fingerprint density at radius 3 is 1.25 bits per heavy atom. The molecule has 0 spiro atoms. The van der Waals surface area contributed by atoms with E-state index in [1.165, 1.54) is 0 Å². The number of methoxy groups -OCH3 is 2. The molecule has 6 heterocycles. The number of hydrogen-bond acceptors (Lipinski definition) is 10. The molecule has 20 heteroatoms. The second kappa shape index (κ2) is 24.7. The van der Waals surface area contributed by atoms with Crippen molar-refractivity contribution in [3.8, 4) is 0 Å². The van der Waals surface area contributed by atoms with Gasteiger partial charge >= 0.3 is 0 Å². The van der Waals surface area contributed by atoms with Crippen molar-refractivity contribution in [1.82, 2.24) is 29.6 Å². The number of benzene rings is 2. The van der Waals surface area contributed by atoms with Crippen molar-refractivity contribution in [3.05, 3.63) is 132 Å². The number of aliphatic hydroxyl groups excluding tert-OH is 2. The summed E-state index contributed by atoms with van der Waals surface area (Å²) >= 11 is 27.1. The van der Waals surface area contributed by atoms with Crippen LogP contribution in [-0.4, -0.2) is 130 Å². The molecule has 0 aliphatic carbocycles. The Hall–Kier alpha value is -4.78. The second-order valence-electron chi connectivity index (χ2n) is 19.1. The van der Waals surface area contributed by atoms with Crippen LogP contribution in [0.1, 0.15) is 122 Å². The predicted molar refractivity (Wildman–Crippen MR) is 282 cm³/mol.